The number of aromatic nitrogens is 3. The zero-order chi connectivity index (χ0) is 38.9. The monoisotopic (exact) mass is 767 g/mol. The average molecular weight is 768 g/mol. The second kappa shape index (κ2) is 18.4. The maximum Gasteiger partial charge on any atom is 0.323 e. The van der Waals surface area contributed by atoms with Crippen molar-refractivity contribution in [2.24, 2.45) is 0 Å². The van der Waals surface area contributed by atoms with Gasteiger partial charge in [-0.25, -0.2) is 0 Å². The van der Waals surface area contributed by atoms with Crippen LogP contribution in [0.4, 0.5) is 5.69 Å². The minimum atomic E-state index is -1.19. The molecule has 0 aliphatic carbocycles. The SMILES string of the molecule is CN(C)c1c(COc2cc(OCc3cncc(C#N)c3)c(CNC(CO)C(=O)O)cc2Cl)cccc1-c1cccc2c1cnn2CCCCN1CC[C@@H](O)C1. The van der Waals surface area contributed by atoms with Crippen LogP contribution in [0.5, 0.6) is 11.5 Å². The van der Waals surface area contributed by atoms with Gasteiger partial charge in [0.2, 0.25) is 0 Å². The number of rotatable bonds is 18. The molecule has 6 rings (SSSR count). The van der Waals surface area contributed by atoms with E-state index in [2.05, 4.69) is 55.1 Å². The molecule has 5 aromatic rings. The molecule has 2 aromatic heterocycles. The molecule has 288 valence electrons. The molecule has 4 N–H and O–H groups in total. The van der Waals surface area contributed by atoms with Crippen LogP contribution in [-0.4, -0.2) is 93.4 Å². The number of aliphatic carboxylic acids is 1. The van der Waals surface area contributed by atoms with Crippen molar-refractivity contribution >= 4 is 34.2 Å². The summed E-state index contributed by atoms with van der Waals surface area (Å²) in [5.41, 5.74) is 6.68. The summed E-state index contributed by atoms with van der Waals surface area (Å²) in [4.78, 5) is 20.0. The van der Waals surface area contributed by atoms with Gasteiger partial charge >= 0.3 is 5.97 Å². The Kier molecular flexibility index (Phi) is 13.2. The number of aryl methyl sites for hydroxylation is 1. The Hall–Kier alpha value is -5.23. The molecule has 1 fully saturated rings. The Morgan fingerprint density at radius 2 is 1.82 bits per heavy atom. The molecule has 3 heterocycles. The first-order valence-corrected chi connectivity index (χ1v) is 18.7. The standard InChI is InChI=1S/C41H46ClN7O6/c1-47(2)40-29(7-5-9-33(40)32-8-6-10-37-34(32)22-46-49(37)13-4-3-12-48-14-11-31(51)23-48)26-55-39-17-38(54-25-28-15-27(18-43)19-44-20-28)30(16-35(39)42)21-45-36(24-50)41(52)53/h5-10,15-17,19-20,22,31,36,45,50-51H,3-4,11-14,21,23-26H2,1-2H3,(H,52,53)/t31-,36?/m1/s1. The number of carbonyl (C=O) groups is 1. The number of likely N-dealkylation sites (tertiary alicyclic amines) is 1. The zero-order valence-electron chi connectivity index (χ0n) is 31.0. The van der Waals surface area contributed by atoms with Crippen molar-refractivity contribution in [3.63, 3.8) is 0 Å². The minimum absolute atomic E-state index is 0.0436. The number of anilines is 1. The highest BCUT2D eigenvalue weighted by atomic mass is 35.5. The van der Waals surface area contributed by atoms with Gasteiger partial charge in [0.25, 0.3) is 0 Å². The Morgan fingerprint density at radius 1 is 1.04 bits per heavy atom. The van der Waals surface area contributed by atoms with E-state index in [1.807, 2.05) is 32.4 Å². The van der Waals surface area contributed by atoms with Crippen molar-refractivity contribution in [3.8, 4) is 28.7 Å². The van der Waals surface area contributed by atoms with Crippen molar-refractivity contribution in [3.05, 3.63) is 100 Å². The summed E-state index contributed by atoms with van der Waals surface area (Å²) < 4.78 is 14.6. The van der Waals surface area contributed by atoms with Crippen molar-refractivity contribution in [2.75, 3.05) is 45.2 Å². The van der Waals surface area contributed by atoms with Crippen LogP contribution >= 0.6 is 11.6 Å². The third kappa shape index (κ3) is 9.72. The van der Waals surface area contributed by atoms with Gasteiger partial charge < -0.3 is 34.6 Å². The van der Waals surface area contributed by atoms with Gasteiger partial charge in [0.15, 0.2) is 0 Å². The van der Waals surface area contributed by atoms with E-state index in [0.717, 1.165) is 78.7 Å². The van der Waals surface area contributed by atoms with E-state index >= 15 is 0 Å². The van der Waals surface area contributed by atoms with E-state index in [0.29, 0.717) is 33.2 Å². The maximum absolute atomic E-state index is 11.6. The van der Waals surface area contributed by atoms with E-state index in [4.69, 9.17) is 26.2 Å². The van der Waals surface area contributed by atoms with Crippen molar-refractivity contribution < 1.29 is 29.6 Å². The number of aliphatic hydroxyl groups is 2. The third-order valence-electron chi connectivity index (χ3n) is 9.72. The van der Waals surface area contributed by atoms with Gasteiger partial charge in [-0.2, -0.15) is 10.4 Å². The number of fused-ring (bicyclic) bond motifs is 1. The summed E-state index contributed by atoms with van der Waals surface area (Å²) in [5, 5.41) is 47.1. The number of halogens is 1. The molecule has 13 nitrogen and oxygen atoms in total. The van der Waals surface area contributed by atoms with Crippen molar-refractivity contribution in [2.45, 2.75) is 57.7 Å². The normalized spacial score (nSPS) is 14.9. The quantitative estimate of drug-likeness (QED) is 0.0859. The number of benzene rings is 3. The van der Waals surface area contributed by atoms with Gasteiger partial charge in [-0.3, -0.25) is 19.8 Å². The lowest BCUT2D eigenvalue weighted by Crippen LogP contribution is -2.39. The number of β-amino-alcohol motifs (C(OH)–C–C–N with tert-alkyl or cyclic N) is 1. The van der Waals surface area contributed by atoms with Crippen LogP contribution in [0, 0.1) is 11.3 Å². The molecular weight excluding hydrogens is 722 g/mol. The maximum atomic E-state index is 11.6. The molecular formula is C41H46ClN7O6. The van der Waals surface area contributed by atoms with Gasteiger partial charge in [0, 0.05) is 86.4 Å². The summed E-state index contributed by atoms with van der Waals surface area (Å²) in [5.74, 6) is -0.442. The van der Waals surface area contributed by atoms with Gasteiger partial charge in [-0.05, 0) is 49.6 Å². The molecule has 1 saturated heterocycles. The molecule has 1 aliphatic rings. The summed E-state index contributed by atoms with van der Waals surface area (Å²) in [6.45, 7) is 3.23. The first-order valence-electron chi connectivity index (χ1n) is 18.3. The molecule has 0 spiro atoms. The molecule has 0 bridgehead atoms. The molecule has 55 heavy (non-hydrogen) atoms. The number of unbranched alkanes of at least 4 members (excludes halogenated alkanes) is 1. The molecule has 0 radical (unpaired) electrons. The van der Waals surface area contributed by atoms with Crippen LogP contribution in [-0.2, 0) is 31.1 Å². The summed E-state index contributed by atoms with van der Waals surface area (Å²) >= 11 is 6.77. The lowest BCUT2D eigenvalue weighted by molar-refractivity contribution is -0.140. The number of carboxylic acids is 1. The number of para-hydroxylation sites is 1. The fraction of sp³-hybridized carbons (Fsp3) is 0.366. The number of ether oxygens (including phenoxy) is 2. The Morgan fingerprint density at radius 3 is 2.56 bits per heavy atom. The number of carboxylic acid groups (broad SMARTS) is 1. The highest BCUT2D eigenvalue weighted by Crippen LogP contribution is 2.39. The molecule has 1 unspecified atom stereocenters. The summed E-state index contributed by atoms with van der Waals surface area (Å²) in [6.07, 6.45) is 7.69. The molecule has 1 aliphatic heterocycles. The van der Waals surface area contributed by atoms with Gasteiger partial charge in [0.1, 0.15) is 36.8 Å². The second-order valence-corrected chi connectivity index (χ2v) is 14.3. The Bertz CT molecular complexity index is 2150. The van der Waals surface area contributed by atoms with E-state index < -0.39 is 18.6 Å². The summed E-state index contributed by atoms with van der Waals surface area (Å²) in [6, 6.07) is 18.3. The molecule has 3 aromatic carbocycles. The van der Waals surface area contributed by atoms with Crippen molar-refractivity contribution in [1.82, 2.24) is 25.0 Å². The van der Waals surface area contributed by atoms with Gasteiger partial charge in [-0.1, -0.05) is 41.9 Å². The lowest BCUT2D eigenvalue weighted by atomic mass is 9.97. The lowest BCUT2D eigenvalue weighted by Gasteiger charge is -2.23. The first kappa shape index (κ1) is 39.5. The van der Waals surface area contributed by atoms with E-state index in [-0.39, 0.29) is 25.9 Å². The van der Waals surface area contributed by atoms with E-state index in [1.54, 1.807) is 24.4 Å². The number of aliphatic hydroxyl groups excluding tert-OH is 2. The van der Waals surface area contributed by atoms with Crippen LogP contribution < -0.4 is 19.7 Å². The number of hydrogen-bond acceptors (Lipinski definition) is 11. The highest BCUT2D eigenvalue weighted by molar-refractivity contribution is 6.32. The van der Waals surface area contributed by atoms with Gasteiger partial charge in [-0.15, -0.1) is 0 Å². The number of hydrogen-bond donors (Lipinski definition) is 4. The molecule has 14 heteroatoms. The topological polar surface area (TPSA) is 169 Å². The van der Waals surface area contributed by atoms with Crippen LogP contribution in [0.25, 0.3) is 22.0 Å². The zero-order valence-corrected chi connectivity index (χ0v) is 31.7. The smallest absolute Gasteiger partial charge is 0.323 e. The molecule has 0 saturated carbocycles. The largest absolute Gasteiger partial charge is 0.488 e. The van der Waals surface area contributed by atoms with Crippen LogP contribution in [0.3, 0.4) is 0 Å². The third-order valence-corrected chi connectivity index (χ3v) is 10.0. The minimum Gasteiger partial charge on any atom is -0.488 e. The highest BCUT2D eigenvalue weighted by Gasteiger charge is 2.21. The second-order valence-electron chi connectivity index (χ2n) is 13.9. The average Bonchev–Trinajstić information content (AvgIpc) is 3.80. The van der Waals surface area contributed by atoms with E-state index in [9.17, 15) is 25.4 Å². The number of nitrogens with zero attached hydrogens (tertiary/aromatic N) is 6. The summed E-state index contributed by atoms with van der Waals surface area (Å²) in [7, 11) is 4.00. The molecule has 2 atom stereocenters. The number of nitriles is 1. The first-order chi connectivity index (χ1) is 26.6. The Balaban J connectivity index is 1.22. The number of pyridine rings is 1. The van der Waals surface area contributed by atoms with Crippen LogP contribution in [0.15, 0.2) is 73.2 Å². The van der Waals surface area contributed by atoms with Gasteiger partial charge in [0.05, 0.1) is 40.7 Å². The molecule has 0 amide bonds. The predicted octanol–water partition coefficient (Wildman–Crippen LogP) is 5.23. The fourth-order valence-corrected chi connectivity index (χ4v) is 7.19. The Labute approximate surface area is 325 Å². The van der Waals surface area contributed by atoms with Crippen LogP contribution in [0.1, 0.15) is 41.5 Å². The van der Waals surface area contributed by atoms with E-state index in [1.165, 1.54) is 6.20 Å². The fourth-order valence-electron chi connectivity index (χ4n) is 6.95. The predicted molar refractivity (Wildman–Crippen MR) is 210 cm³/mol. The van der Waals surface area contributed by atoms with Crippen LogP contribution in [0.2, 0.25) is 5.02 Å². The number of nitrogens with one attached hydrogen (secondary N) is 1. The van der Waals surface area contributed by atoms with Crippen molar-refractivity contribution in [1.29, 1.82) is 5.26 Å².